The fourth-order valence-electron chi connectivity index (χ4n) is 3.84. The average molecular weight is 271 g/mol. The van der Waals surface area contributed by atoms with Crippen LogP contribution in [0.2, 0.25) is 0 Å². The second-order valence-electron chi connectivity index (χ2n) is 7.13. The molecule has 3 rings (SSSR count). The van der Waals surface area contributed by atoms with Crippen molar-refractivity contribution in [2.75, 3.05) is 7.11 Å². The van der Waals surface area contributed by atoms with Gasteiger partial charge in [-0.05, 0) is 37.8 Å². The minimum absolute atomic E-state index is 0.102. The van der Waals surface area contributed by atoms with Crippen molar-refractivity contribution in [1.82, 2.24) is 0 Å². The zero-order chi connectivity index (χ0) is 14.7. The van der Waals surface area contributed by atoms with Crippen LogP contribution in [-0.2, 0) is 0 Å². The molecule has 3 heteroatoms. The Morgan fingerprint density at radius 1 is 1.20 bits per heavy atom. The smallest absolute Gasteiger partial charge is 0.228 e. The summed E-state index contributed by atoms with van der Waals surface area (Å²) in [6.07, 6.45) is 3.22. The van der Waals surface area contributed by atoms with E-state index in [9.17, 15) is 5.21 Å². The molecule has 106 valence electrons. The largest absolute Gasteiger partial charge is 0.618 e. The topological polar surface area (TPSA) is 35.3 Å². The summed E-state index contributed by atoms with van der Waals surface area (Å²) in [6, 6.07) is 5.75. The highest BCUT2D eigenvalue weighted by molar-refractivity contribution is 6.27. The summed E-state index contributed by atoms with van der Waals surface area (Å²) in [5.41, 5.74) is 3.69. The van der Waals surface area contributed by atoms with Crippen molar-refractivity contribution in [2.45, 2.75) is 34.1 Å². The predicted octanol–water partition coefficient (Wildman–Crippen LogP) is 4.13. The van der Waals surface area contributed by atoms with Crippen LogP contribution in [-0.4, -0.2) is 17.6 Å². The number of nitrogens with zero attached hydrogens (tertiary/aromatic N) is 1. The molecule has 0 atom stereocenters. The van der Waals surface area contributed by atoms with E-state index in [0.717, 1.165) is 33.8 Å². The standard InChI is InChI=1S/C17H21NO2/c1-16(2)9-13-12-7-6-11(20-5)8-14(12)18(19)15(13)17(3,4)10-16/h6-9H,10H2,1-5H3. The van der Waals surface area contributed by atoms with Crippen LogP contribution in [0, 0.1) is 16.0 Å². The van der Waals surface area contributed by atoms with Gasteiger partial charge in [0.1, 0.15) is 5.75 Å². The number of allylic oxidation sites excluding steroid dienone is 2. The summed E-state index contributed by atoms with van der Waals surface area (Å²) in [7, 11) is 1.62. The Morgan fingerprint density at radius 3 is 2.55 bits per heavy atom. The highest BCUT2D eigenvalue weighted by Gasteiger charge is 2.48. The van der Waals surface area contributed by atoms with E-state index < -0.39 is 0 Å². The predicted molar refractivity (Wildman–Crippen MR) is 81.4 cm³/mol. The molecule has 1 aromatic rings. The molecule has 0 spiro atoms. The molecule has 0 saturated heterocycles. The molecule has 1 heterocycles. The third-order valence-electron chi connectivity index (χ3n) is 4.25. The van der Waals surface area contributed by atoms with Gasteiger partial charge in [0.2, 0.25) is 11.4 Å². The Kier molecular flexibility index (Phi) is 2.56. The van der Waals surface area contributed by atoms with Crippen LogP contribution in [0.3, 0.4) is 0 Å². The number of ether oxygens (including phenoxy) is 1. The first-order chi connectivity index (χ1) is 9.25. The Balaban J connectivity index is 2.28. The summed E-state index contributed by atoms with van der Waals surface area (Å²) in [5.74, 6) is 0.724. The van der Waals surface area contributed by atoms with Gasteiger partial charge in [0.05, 0.1) is 29.7 Å². The van der Waals surface area contributed by atoms with E-state index in [1.165, 1.54) is 0 Å². The van der Waals surface area contributed by atoms with E-state index >= 15 is 0 Å². The number of fused-ring (bicyclic) bond motifs is 3. The van der Waals surface area contributed by atoms with Crippen molar-refractivity contribution in [3.8, 4) is 5.75 Å². The van der Waals surface area contributed by atoms with Gasteiger partial charge in [0.15, 0.2) is 0 Å². The van der Waals surface area contributed by atoms with Crippen LogP contribution in [0.25, 0.3) is 5.57 Å². The van der Waals surface area contributed by atoms with Crippen molar-refractivity contribution in [3.63, 3.8) is 0 Å². The third kappa shape index (κ3) is 1.76. The molecule has 0 amide bonds. The zero-order valence-corrected chi connectivity index (χ0v) is 12.8. The minimum Gasteiger partial charge on any atom is -0.618 e. The van der Waals surface area contributed by atoms with Crippen LogP contribution in [0.15, 0.2) is 24.3 Å². The number of hydrogen-bond donors (Lipinski definition) is 0. The van der Waals surface area contributed by atoms with Crippen molar-refractivity contribution in [2.24, 2.45) is 10.8 Å². The van der Waals surface area contributed by atoms with E-state index in [2.05, 4.69) is 33.8 Å². The van der Waals surface area contributed by atoms with Gasteiger partial charge in [0.25, 0.3) is 0 Å². The SMILES string of the molecule is COc1ccc2c(c1)[N+]([O-])=C1C2=CC(C)(C)CC1(C)C. The lowest BCUT2D eigenvalue weighted by atomic mass is 9.65. The lowest BCUT2D eigenvalue weighted by Gasteiger charge is -2.36. The van der Waals surface area contributed by atoms with E-state index in [4.69, 9.17) is 4.74 Å². The first-order valence-electron chi connectivity index (χ1n) is 7.01. The maximum Gasteiger partial charge on any atom is 0.228 e. The Hall–Kier alpha value is -1.77. The maximum absolute atomic E-state index is 12.7. The Labute approximate surface area is 120 Å². The normalized spacial score (nSPS) is 22.1. The molecule has 0 aromatic heterocycles. The fourth-order valence-corrected chi connectivity index (χ4v) is 3.84. The number of rotatable bonds is 1. The van der Waals surface area contributed by atoms with E-state index in [0.29, 0.717) is 5.69 Å². The first-order valence-corrected chi connectivity index (χ1v) is 7.01. The maximum atomic E-state index is 12.7. The van der Waals surface area contributed by atoms with Gasteiger partial charge in [-0.1, -0.05) is 19.9 Å². The fraction of sp³-hybridized carbons (Fsp3) is 0.471. The number of hydrogen-bond acceptors (Lipinski definition) is 2. The molecule has 1 aliphatic carbocycles. The molecule has 0 fully saturated rings. The van der Waals surface area contributed by atoms with Crippen LogP contribution < -0.4 is 4.74 Å². The molecule has 0 N–H and O–H groups in total. The van der Waals surface area contributed by atoms with E-state index in [1.807, 2.05) is 18.2 Å². The molecule has 0 unspecified atom stereocenters. The van der Waals surface area contributed by atoms with Crippen LogP contribution in [0.4, 0.5) is 5.69 Å². The van der Waals surface area contributed by atoms with Gasteiger partial charge in [0, 0.05) is 0 Å². The Morgan fingerprint density at radius 2 is 1.90 bits per heavy atom. The summed E-state index contributed by atoms with van der Waals surface area (Å²) < 4.78 is 6.34. The lowest BCUT2D eigenvalue weighted by Crippen LogP contribution is -2.36. The van der Waals surface area contributed by atoms with Crippen molar-refractivity contribution in [3.05, 3.63) is 35.0 Å². The van der Waals surface area contributed by atoms with Crippen LogP contribution in [0.1, 0.15) is 39.7 Å². The van der Waals surface area contributed by atoms with Gasteiger partial charge in [-0.2, -0.15) is 4.74 Å². The van der Waals surface area contributed by atoms with Gasteiger partial charge < -0.3 is 9.94 Å². The summed E-state index contributed by atoms with van der Waals surface area (Å²) in [4.78, 5) is 0. The minimum atomic E-state index is -0.123. The summed E-state index contributed by atoms with van der Waals surface area (Å²) in [5, 5.41) is 12.7. The van der Waals surface area contributed by atoms with Gasteiger partial charge in [-0.15, -0.1) is 0 Å². The van der Waals surface area contributed by atoms with Crippen molar-refractivity contribution < 1.29 is 9.48 Å². The van der Waals surface area contributed by atoms with E-state index in [-0.39, 0.29) is 10.8 Å². The van der Waals surface area contributed by atoms with Crippen LogP contribution in [0.5, 0.6) is 5.75 Å². The quantitative estimate of drug-likeness (QED) is 0.568. The van der Waals surface area contributed by atoms with Gasteiger partial charge in [-0.3, -0.25) is 0 Å². The molecule has 0 radical (unpaired) electrons. The third-order valence-corrected chi connectivity index (χ3v) is 4.25. The van der Waals surface area contributed by atoms with Crippen molar-refractivity contribution in [1.29, 1.82) is 0 Å². The Bertz CT molecular complexity index is 651. The molecule has 2 aliphatic rings. The second-order valence-corrected chi connectivity index (χ2v) is 7.13. The molecule has 1 aromatic carbocycles. The molecular weight excluding hydrogens is 250 g/mol. The molecule has 20 heavy (non-hydrogen) atoms. The first kappa shape index (κ1) is 13.2. The van der Waals surface area contributed by atoms with Gasteiger partial charge in [-0.25, -0.2) is 0 Å². The monoisotopic (exact) mass is 271 g/mol. The zero-order valence-electron chi connectivity index (χ0n) is 12.8. The number of methoxy groups -OCH3 is 1. The van der Waals surface area contributed by atoms with E-state index in [1.54, 1.807) is 7.11 Å². The molecule has 0 bridgehead atoms. The van der Waals surface area contributed by atoms with Gasteiger partial charge >= 0.3 is 0 Å². The summed E-state index contributed by atoms with van der Waals surface area (Å²) in [6.45, 7) is 8.78. The van der Waals surface area contributed by atoms with Crippen molar-refractivity contribution >= 4 is 17.0 Å². The molecular formula is C17H21NO2. The second kappa shape index (κ2) is 3.87. The highest BCUT2D eigenvalue weighted by atomic mass is 16.5. The van der Waals surface area contributed by atoms with Crippen LogP contribution >= 0.6 is 0 Å². The average Bonchev–Trinajstić information content (AvgIpc) is 2.60. The highest BCUT2D eigenvalue weighted by Crippen LogP contribution is 2.50. The molecule has 0 saturated carbocycles. The molecule has 3 nitrogen and oxygen atoms in total. The number of benzene rings is 1. The summed E-state index contributed by atoms with van der Waals surface area (Å²) >= 11 is 0. The lowest BCUT2D eigenvalue weighted by molar-refractivity contribution is -0.361. The molecule has 1 aliphatic heterocycles.